The molecule has 0 radical (unpaired) electrons. The molecule has 3 fully saturated rings. The van der Waals surface area contributed by atoms with Crippen LogP contribution in [-0.2, 0) is 34.2 Å². The van der Waals surface area contributed by atoms with Crippen molar-refractivity contribution in [2.45, 2.75) is 75.0 Å². The number of ketones is 1. The lowest BCUT2D eigenvalue weighted by molar-refractivity contribution is -0.155. The number of aliphatic hydroxyl groups excluding tert-OH is 5. The summed E-state index contributed by atoms with van der Waals surface area (Å²) in [6.45, 7) is 2.52. The summed E-state index contributed by atoms with van der Waals surface area (Å²) >= 11 is 0. The van der Waals surface area contributed by atoms with Gasteiger partial charge in [0.1, 0.15) is 55.6 Å². The Kier molecular flexibility index (Phi) is 10.4. The quantitative estimate of drug-likeness (QED) is 0.114. The van der Waals surface area contributed by atoms with Crippen LogP contribution in [-0.4, -0.2) is 128 Å². The van der Waals surface area contributed by atoms with Crippen LogP contribution in [0.3, 0.4) is 0 Å². The number of phenols is 1. The zero-order chi connectivity index (χ0) is 30.8. The molecule has 17 nitrogen and oxygen atoms in total. The van der Waals surface area contributed by atoms with E-state index in [1.54, 1.807) is 0 Å². The number of nitrogens with one attached hydrogen (secondary N) is 1. The second-order valence-electron chi connectivity index (χ2n) is 9.49. The number of aromatic hydroxyl groups is 1. The van der Waals surface area contributed by atoms with Gasteiger partial charge in [0.2, 0.25) is 12.2 Å². The lowest BCUT2D eigenvalue weighted by atomic mass is 9.83. The summed E-state index contributed by atoms with van der Waals surface area (Å²) in [6.07, 6.45) is -10.2. The topological polar surface area (TPSA) is 279 Å². The SMILES string of the molecule is CC(=O)[C@H]1O[C@@H](Oc2ccc(/C=C(\C)C(=O)N[C@H]3[C@@H](O)[C@H](O)[C@@H]4OCO[C@@H]4[C@H]3O)cc2O)[C@@H](O)[C@@H]1O.O=S(=O)(O)O. The molecule has 1 aromatic rings. The van der Waals surface area contributed by atoms with Crippen molar-refractivity contribution in [2.75, 3.05) is 6.79 Å². The van der Waals surface area contributed by atoms with Crippen LogP contribution in [0.25, 0.3) is 6.08 Å². The van der Waals surface area contributed by atoms with E-state index in [0.29, 0.717) is 5.56 Å². The number of Topliss-reactive ketones (excluding diaryl/α,β-unsaturated/α-hetero) is 1. The second-order valence-corrected chi connectivity index (χ2v) is 10.4. The summed E-state index contributed by atoms with van der Waals surface area (Å²) in [6, 6.07) is 2.90. The number of hydrogen-bond acceptors (Lipinski definition) is 14. The Morgan fingerprint density at radius 3 is 2.07 bits per heavy atom. The molecule has 1 amide bonds. The highest BCUT2D eigenvalue weighted by Gasteiger charge is 2.53. The number of rotatable bonds is 6. The Hall–Kier alpha value is -2.75. The van der Waals surface area contributed by atoms with Gasteiger partial charge >= 0.3 is 10.4 Å². The van der Waals surface area contributed by atoms with Gasteiger partial charge < -0.3 is 54.9 Å². The van der Waals surface area contributed by atoms with Gasteiger partial charge in [0, 0.05) is 5.57 Å². The van der Waals surface area contributed by atoms with Crippen LogP contribution in [0.1, 0.15) is 19.4 Å². The lowest BCUT2D eigenvalue weighted by Crippen LogP contribution is -2.67. The van der Waals surface area contributed by atoms with E-state index in [0.717, 1.165) is 0 Å². The van der Waals surface area contributed by atoms with Gasteiger partial charge in [-0.1, -0.05) is 6.07 Å². The number of phenolic OH excluding ortho intramolecular Hbond substituents is 1. The molecule has 0 unspecified atom stereocenters. The van der Waals surface area contributed by atoms with Crippen LogP contribution in [0.15, 0.2) is 23.8 Å². The third-order valence-electron chi connectivity index (χ3n) is 6.49. The average molecular weight is 610 g/mol. The van der Waals surface area contributed by atoms with Crippen LogP contribution < -0.4 is 10.1 Å². The fourth-order valence-corrected chi connectivity index (χ4v) is 4.46. The summed E-state index contributed by atoms with van der Waals surface area (Å²) in [5.74, 6) is -1.59. The average Bonchev–Trinajstić information content (AvgIpc) is 3.47. The Bertz CT molecular complexity index is 1250. The molecular formula is C23H31NO16S. The molecule has 4 rings (SSSR count). The Morgan fingerprint density at radius 2 is 1.54 bits per heavy atom. The van der Waals surface area contributed by atoms with Crippen LogP contribution in [0.2, 0.25) is 0 Å². The van der Waals surface area contributed by atoms with Gasteiger partial charge in [0.25, 0.3) is 0 Å². The first-order valence-corrected chi connectivity index (χ1v) is 13.4. The maximum Gasteiger partial charge on any atom is 0.394 e. The van der Waals surface area contributed by atoms with Crippen molar-refractivity contribution in [3.05, 3.63) is 29.3 Å². The molecule has 0 bridgehead atoms. The van der Waals surface area contributed by atoms with E-state index in [9.17, 15) is 40.2 Å². The van der Waals surface area contributed by atoms with Gasteiger partial charge in [0.05, 0.1) is 6.04 Å². The predicted molar refractivity (Wildman–Crippen MR) is 132 cm³/mol. The number of carbonyl (C=O) groups is 2. The largest absolute Gasteiger partial charge is 0.504 e. The minimum absolute atomic E-state index is 0.0921. The molecule has 18 heteroatoms. The summed E-state index contributed by atoms with van der Waals surface area (Å²) < 4.78 is 52.7. The van der Waals surface area contributed by atoms with Gasteiger partial charge in [0.15, 0.2) is 17.3 Å². The first-order valence-electron chi connectivity index (χ1n) is 12.0. The zero-order valence-corrected chi connectivity index (χ0v) is 22.4. The van der Waals surface area contributed by atoms with Crippen molar-refractivity contribution < 1.29 is 76.7 Å². The monoisotopic (exact) mass is 609 g/mol. The second kappa shape index (κ2) is 13.0. The van der Waals surface area contributed by atoms with E-state index < -0.39 is 83.3 Å². The van der Waals surface area contributed by atoms with Gasteiger partial charge in [-0.25, -0.2) is 0 Å². The predicted octanol–water partition coefficient (Wildman–Crippen LogP) is -3.12. The number of hydrogen-bond donors (Lipinski definition) is 9. The smallest absolute Gasteiger partial charge is 0.394 e. The van der Waals surface area contributed by atoms with Crippen LogP contribution in [0.5, 0.6) is 11.5 Å². The maximum atomic E-state index is 12.7. The number of aliphatic hydroxyl groups is 5. The number of fused-ring (bicyclic) bond motifs is 1. The number of carbonyl (C=O) groups excluding carboxylic acids is 2. The van der Waals surface area contributed by atoms with E-state index in [2.05, 4.69) is 5.32 Å². The van der Waals surface area contributed by atoms with Crippen molar-refractivity contribution in [1.82, 2.24) is 5.32 Å². The van der Waals surface area contributed by atoms with E-state index in [1.807, 2.05) is 0 Å². The number of amides is 1. The van der Waals surface area contributed by atoms with Crippen molar-refractivity contribution in [3.63, 3.8) is 0 Å². The fraction of sp³-hybridized carbons (Fsp3) is 0.565. The Morgan fingerprint density at radius 1 is 0.951 bits per heavy atom. The highest BCUT2D eigenvalue weighted by molar-refractivity contribution is 7.79. The van der Waals surface area contributed by atoms with E-state index >= 15 is 0 Å². The zero-order valence-electron chi connectivity index (χ0n) is 21.5. The van der Waals surface area contributed by atoms with Gasteiger partial charge in [-0.05, 0) is 37.6 Å². The van der Waals surface area contributed by atoms with E-state index in [-0.39, 0.29) is 23.9 Å². The Balaban J connectivity index is 0.000000850. The molecule has 2 heterocycles. The van der Waals surface area contributed by atoms with Crippen molar-refractivity contribution in [2.24, 2.45) is 0 Å². The van der Waals surface area contributed by atoms with Crippen LogP contribution in [0, 0.1) is 0 Å². The molecule has 3 aliphatic rings. The van der Waals surface area contributed by atoms with Crippen LogP contribution >= 0.6 is 0 Å². The maximum absolute atomic E-state index is 12.7. The van der Waals surface area contributed by atoms with E-state index in [4.69, 9.17) is 36.5 Å². The molecule has 9 N–H and O–H groups in total. The summed E-state index contributed by atoms with van der Waals surface area (Å²) in [5, 5.41) is 63.9. The summed E-state index contributed by atoms with van der Waals surface area (Å²) in [4.78, 5) is 24.2. The molecule has 1 aromatic carbocycles. The van der Waals surface area contributed by atoms with E-state index in [1.165, 1.54) is 38.1 Å². The molecule has 230 valence electrons. The van der Waals surface area contributed by atoms with Crippen molar-refractivity contribution >= 4 is 28.2 Å². The molecule has 2 saturated heterocycles. The molecule has 0 spiro atoms. The molecule has 1 aliphatic carbocycles. The highest BCUT2D eigenvalue weighted by atomic mass is 32.3. The minimum atomic E-state index is -4.67. The first kappa shape index (κ1) is 32.8. The van der Waals surface area contributed by atoms with Gasteiger partial charge in [-0.2, -0.15) is 8.42 Å². The first-order chi connectivity index (χ1) is 19.0. The van der Waals surface area contributed by atoms with Crippen molar-refractivity contribution in [3.8, 4) is 11.5 Å². The molecule has 1 saturated carbocycles. The van der Waals surface area contributed by atoms with Crippen molar-refractivity contribution in [1.29, 1.82) is 0 Å². The minimum Gasteiger partial charge on any atom is -0.504 e. The number of benzene rings is 1. The lowest BCUT2D eigenvalue weighted by Gasteiger charge is -2.41. The van der Waals surface area contributed by atoms with Crippen LogP contribution in [0.4, 0.5) is 0 Å². The summed E-state index contributed by atoms with van der Waals surface area (Å²) in [7, 11) is -4.67. The van der Waals surface area contributed by atoms with Gasteiger partial charge in [-0.15, -0.1) is 0 Å². The Labute approximate surface area is 233 Å². The fourth-order valence-electron chi connectivity index (χ4n) is 4.46. The molecule has 10 atom stereocenters. The highest BCUT2D eigenvalue weighted by Crippen LogP contribution is 2.33. The summed E-state index contributed by atoms with van der Waals surface area (Å²) in [5.41, 5.74) is 0.545. The molecule has 0 aromatic heterocycles. The molecule has 2 aliphatic heterocycles. The standard InChI is InChI=1S/C23H29NO12.H2O4S/c1-8(22(32)24-13-14(27)16(29)21-20(15(13)28)33-7-34-21)5-10-3-4-12(11(26)6-10)35-23-18(31)17(30)19(36-23)9(2)25;1-5(2,3)4/h3-6,13-21,23,26-31H,7H2,1-2H3,(H,24,32);(H2,1,2,3,4)/b8-5+;/t13-,14+,15-,16-,17-,18-,19+,20+,21-,23+;/m0./s1. The molecular weight excluding hydrogens is 578 g/mol. The van der Waals surface area contributed by atoms with Gasteiger partial charge in [-0.3, -0.25) is 18.7 Å². The molecule has 41 heavy (non-hydrogen) atoms. The third-order valence-corrected chi connectivity index (χ3v) is 6.49. The normalized spacial score (nSPS) is 35.2. The third kappa shape index (κ3) is 7.96. The number of ether oxygens (including phenoxy) is 4.